The molecule has 0 saturated carbocycles. The molecule has 6 heterocycles. The number of thiophene rings is 1. The van der Waals surface area contributed by atoms with Gasteiger partial charge in [-0.3, -0.25) is 4.79 Å². The maximum absolute atomic E-state index is 12.9. The number of hydrogen-bond donors (Lipinski definition) is 3. The van der Waals surface area contributed by atoms with Crippen molar-refractivity contribution in [1.29, 1.82) is 0 Å². The Morgan fingerprint density at radius 3 is 2.74 bits per heavy atom. The Balaban J connectivity index is 1.21. The number of hydrogen-bond acceptors (Lipinski definition) is 6. The van der Waals surface area contributed by atoms with E-state index < -0.39 is 6.10 Å². The van der Waals surface area contributed by atoms with Gasteiger partial charge in [-0.05, 0) is 74.0 Å². The van der Waals surface area contributed by atoms with Crippen LogP contribution < -0.4 is 5.32 Å². The largest absolute Gasteiger partial charge is 0.392 e. The van der Waals surface area contributed by atoms with Crippen LogP contribution in [0.5, 0.6) is 0 Å². The van der Waals surface area contributed by atoms with E-state index in [-0.39, 0.29) is 11.9 Å². The van der Waals surface area contributed by atoms with Gasteiger partial charge in [-0.15, -0.1) is 11.3 Å². The molecular formula is C29H36N6O2S. The Kier molecular flexibility index (Phi) is 5.87. The van der Waals surface area contributed by atoms with Crippen molar-refractivity contribution in [1.82, 2.24) is 29.8 Å². The highest BCUT2D eigenvalue weighted by atomic mass is 32.1. The summed E-state index contributed by atoms with van der Waals surface area (Å²) in [4.78, 5) is 26.1. The molecule has 4 aromatic heterocycles. The molecule has 0 radical (unpaired) electrons. The van der Waals surface area contributed by atoms with Gasteiger partial charge in [-0.25, -0.2) is 9.50 Å². The topological polar surface area (TPSA) is 98.6 Å². The lowest BCUT2D eigenvalue weighted by atomic mass is 9.89. The van der Waals surface area contributed by atoms with Crippen molar-refractivity contribution in [3.8, 4) is 11.3 Å². The van der Waals surface area contributed by atoms with E-state index in [2.05, 4.69) is 47.4 Å². The second-order valence-corrected chi connectivity index (χ2v) is 12.7. The number of β-amino-alcohol motifs (C(OH)–C–C–N with tert-alkyl or cyclic N) is 1. The molecule has 3 aliphatic rings. The van der Waals surface area contributed by atoms with Crippen molar-refractivity contribution in [2.45, 2.75) is 83.3 Å². The molecule has 2 fully saturated rings. The third-order valence-electron chi connectivity index (χ3n) is 9.03. The van der Waals surface area contributed by atoms with Gasteiger partial charge < -0.3 is 20.3 Å². The molecule has 7 rings (SSSR count). The van der Waals surface area contributed by atoms with E-state index in [1.165, 1.54) is 55.0 Å². The fourth-order valence-electron chi connectivity index (χ4n) is 7.18. The number of piperidine rings is 1. The number of carbonyl (C=O) groups is 1. The summed E-state index contributed by atoms with van der Waals surface area (Å²) < 4.78 is 1.95. The van der Waals surface area contributed by atoms with Crippen LogP contribution in [0.1, 0.15) is 78.5 Å². The fourth-order valence-corrected chi connectivity index (χ4v) is 8.58. The molecule has 2 saturated heterocycles. The number of nitrogens with one attached hydrogen (secondary N) is 2. The van der Waals surface area contributed by atoms with Gasteiger partial charge in [0.05, 0.1) is 17.8 Å². The van der Waals surface area contributed by atoms with Crippen molar-refractivity contribution in [2.75, 3.05) is 19.6 Å². The number of aromatic nitrogens is 4. The Labute approximate surface area is 226 Å². The number of amides is 1. The first-order valence-corrected chi connectivity index (χ1v) is 14.9. The fraction of sp³-hybridized carbons (Fsp3) is 0.552. The van der Waals surface area contributed by atoms with Crippen LogP contribution in [0.25, 0.3) is 27.1 Å². The van der Waals surface area contributed by atoms with Gasteiger partial charge in [-0.1, -0.05) is 13.8 Å². The van der Waals surface area contributed by atoms with E-state index in [0.29, 0.717) is 24.8 Å². The van der Waals surface area contributed by atoms with Crippen LogP contribution in [0.4, 0.5) is 0 Å². The first-order valence-electron chi connectivity index (χ1n) is 14.1. The number of aromatic amines is 1. The van der Waals surface area contributed by atoms with Crippen molar-refractivity contribution < 1.29 is 9.90 Å². The molecule has 0 spiro atoms. The molecule has 38 heavy (non-hydrogen) atoms. The zero-order valence-corrected chi connectivity index (χ0v) is 23.2. The van der Waals surface area contributed by atoms with Crippen LogP contribution in [0.15, 0.2) is 12.5 Å². The van der Waals surface area contributed by atoms with Gasteiger partial charge >= 0.3 is 0 Å². The number of likely N-dealkylation sites (tertiary alicyclic amines) is 1. The number of aliphatic hydroxyl groups is 1. The summed E-state index contributed by atoms with van der Waals surface area (Å²) in [5, 5.41) is 18.9. The van der Waals surface area contributed by atoms with Gasteiger partial charge in [0.1, 0.15) is 11.2 Å². The van der Waals surface area contributed by atoms with Crippen molar-refractivity contribution >= 4 is 33.1 Å². The zero-order valence-electron chi connectivity index (χ0n) is 22.4. The first kappa shape index (κ1) is 24.3. The molecule has 2 aliphatic heterocycles. The summed E-state index contributed by atoms with van der Waals surface area (Å²) in [5.74, 6) is 1.02. The average Bonchev–Trinajstić information content (AvgIpc) is 3.71. The average molecular weight is 533 g/mol. The van der Waals surface area contributed by atoms with Crippen molar-refractivity contribution in [3.63, 3.8) is 0 Å². The van der Waals surface area contributed by atoms with Crippen LogP contribution in [-0.4, -0.2) is 67.3 Å². The number of rotatable bonds is 4. The number of aliphatic hydroxyl groups excluding tert-OH is 1. The predicted octanol–water partition coefficient (Wildman–Crippen LogP) is 4.29. The highest BCUT2D eigenvalue weighted by molar-refractivity contribution is 7.19. The minimum absolute atomic E-state index is 0.151. The van der Waals surface area contributed by atoms with Gasteiger partial charge in [0, 0.05) is 47.2 Å². The Hall–Kier alpha value is -2.75. The van der Waals surface area contributed by atoms with Crippen molar-refractivity contribution in [2.24, 2.45) is 0 Å². The highest BCUT2D eigenvalue weighted by Gasteiger charge is 2.35. The zero-order chi connectivity index (χ0) is 26.1. The summed E-state index contributed by atoms with van der Waals surface area (Å²) in [6.07, 6.45) is 9.28. The smallest absolute Gasteiger partial charge is 0.239 e. The highest BCUT2D eigenvalue weighted by Crippen LogP contribution is 2.47. The minimum Gasteiger partial charge on any atom is -0.392 e. The second-order valence-electron chi connectivity index (χ2n) is 11.7. The van der Waals surface area contributed by atoms with E-state index in [1.807, 2.05) is 20.8 Å². The Morgan fingerprint density at radius 1 is 1.21 bits per heavy atom. The van der Waals surface area contributed by atoms with Gasteiger partial charge in [-0.2, -0.15) is 5.10 Å². The predicted molar refractivity (Wildman–Crippen MR) is 150 cm³/mol. The maximum Gasteiger partial charge on any atom is 0.239 e. The monoisotopic (exact) mass is 532 g/mol. The van der Waals surface area contributed by atoms with E-state index in [4.69, 9.17) is 0 Å². The molecule has 200 valence electrons. The lowest BCUT2D eigenvalue weighted by Crippen LogP contribution is -2.46. The molecule has 4 aromatic rings. The van der Waals surface area contributed by atoms with Crippen LogP contribution in [0, 0.1) is 6.92 Å². The molecule has 0 unspecified atom stereocenters. The van der Waals surface area contributed by atoms with E-state index >= 15 is 0 Å². The van der Waals surface area contributed by atoms with Crippen molar-refractivity contribution in [3.05, 3.63) is 39.7 Å². The molecule has 0 bridgehead atoms. The molecule has 0 aromatic carbocycles. The van der Waals surface area contributed by atoms with E-state index in [9.17, 15) is 9.90 Å². The molecular weight excluding hydrogens is 496 g/mol. The van der Waals surface area contributed by atoms with Gasteiger partial charge in [0.2, 0.25) is 5.91 Å². The third kappa shape index (κ3) is 3.73. The van der Waals surface area contributed by atoms with Crippen LogP contribution in [0.2, 0.25) is 0 Å². The maximum atomic E-state index is 12.9. The second kappa shape index (κ2) is 9.17. The Morgan fingerprint density at radius 2 is 2.00 bits per heavy atom. The van der Waals surface area contributed by atoms with Crippen LogP contribution >= 0.6 is 11.3 Å². The summed E-state index contributed by atoms with van der Waals surface area (Å²) in [7, 11) is 0. The quantitative estimate of drug-likeness (QED) is 0.364. The van der Waals surface area contributed by atoms with E-state index in [1.54, 1.807) is 6.33 Å². The molecule has 9 heteroatoms. The van der Waals surface area contributed by atoms with Gasteiger partial charge in [0.25, 0.3) is 0 Å². The normalized spacial score (nSPS) is 22.4. The van der Waals surface area contributed by atoms with E-state index in [0.717, 1.165) is 44.4 Å². The molecule has 1 amide bonds. The molecule has 1 aliphatic carbocycles. The Bertz CT molecular complexity index is 1540. The summed E-state index contributed by atoms with van der Waals surface area (Å²) >= 11 is 1.91. The lowest BCUT2D eigenvalue weighted by Gasteiger charge is -2.33. The third-order valence-corrected chi connectivity index (χ3v) is 10.4. The lowest BCUT2D eigenvalue weighted by molar-refractivity contribution is -0.134. The summed E-state index contributed by atoms with van der Waals surface area (Å²) in [6.45, 7) is 8.99. The number of pyridine rings is 1. The number of aryl methyl sites for hydroxylation is 2. The summed E-state index contributed by atoms with van der Waals surface area (Å²) in [6, 6.07) is -0.228. The SMILES string of the molecule is Cc1c(C2CCN(C(=O)[C@H]3C[C@@H](O)CN3)CC2)sc2[nH]c(-c3cn4ncnc4c4c3CCC4)c(C(C)C)c12. The molecule has 3 N–H and O–H groups in total. The number of H-pyrrole nitrogens is 1. The standard InChI is InChI=1S/C29H36N6O2S/c1-15(2)23-24-16(3)26(17-7-9-34(10-8-17)29(37)22-11-18(36)12-30-22)38-28(24)33-25(23)21-13-35-27(31-14-32-35)20-6-4-5-19(20)21/h13-15,17-18,22,30,33,36H,4-12H2,1-3H3/t18-,22-/m1/s1. The summed E-state index contributed by atoms with van der Waals surface area (Å²) in [5.41, 5.74) is 9.13. The van der Waals surface area contributed by atoms with Crippen LogP contribution in [0.3, 0.4) is 0 Å². The number of fused-ring (bicyclic) bond motifs is 4. The number of nitrogens with zero attached hydrogens (tertiary/aromatic N) is 4. The minimum atomic E-state index is -0.405. The van der Waals surface area contributed by atoms with Crippen LogP contribution in [-0.2, 0) is 17.6 Å². The number of carbonyl (C=O) groups excluding carboxylic acids is 1. The van der Waals surface area contributed by atoms with Gasteiger partial charge in [0.15, 0.2) is 5.65 Å². The molecule has 8 nitrogen and oxygen atoms in total. The molecule has 2 atom stereocenters. The first-order chi connectivity index (χ1) is 18.4.